The zero-order valence-corrected chi connectivity index (χ0v) is 15.7. The lowest BCUT2D eigenvalue weighted by atomic mass is 10.0. The molecule has 0 amide bonds. The van der Waals surface area contributed by atoms with Crippen LogP contribution in [0.3, 0.4) is 0 Å². The Balaban J connectivity index is 1.33. The van der Waals surface area contributed by atoms with Crippen molar-refractivity contribution in [2.24, 2.45) is 10.7 Å². The summed E-state index contributed by atoms with van der Waals surface area (Å²) in [6.45, 7) is 4.79. The van der Waals surface area contributed by atoms with Gasteiger partial charge in [-0.3, -0.25) is 4.90 Å². The van der Waals surface area contributed by atoms with Crippen LogP contribution >= 0.6 is 0 Å². The number of hydrogen-bond donors (Lipinski definition) is 2. The molecule has 0 radical (unpaired) electrons. The van der Waals surface area contributed by atoms with Crippen molar-refractivity contribution < 1.29 is 4.74 Å². The number of hydrogen-bond acceptors (Lipinski definition) is 3. The zero-order valence-electron chi connectivity index (χ0n) is 15.7. The number of nitrogens with two attached hydrogens (primary N) is 1. The van der Waals surface area contributed by atoms with Crippen molar-refractivity contribution in [1.82, 2.24) is 10.2 Å². The highest BCUT2D eigenvalue weighted by Crippen LogP contribution is 2.31. The molecule has 3 N–H and O–H groups in total. The van der Waals surface area contributed by atoms with E-state index >= 15 is 0 Å². The highest BCUT2D eigenvalue weighted by Gasteiger charge is 2.21. The molecular weight excluding hydrogens is 336 g/mol. The largest absolute Gasteiger partial charge is 0.493 e. The standard InChI is InChI=1S/C22H28N4O/c23-22(25-20-11-14-27-21-6-2-1-5-19(20)21)24-15-17-7-9-18(10-8-17)16-26-12-3-4-13-26/h1-2,5-10,20H,3-4,11-16H2,(H3,23,24,25). The highest BCUT2D eigenvalue weighted by molar-refractivity contribution is 5.78. The van der Waals surface area contributed by atoms with Crippen LogP contribution in [0.4, 0.5) is 0 Å². The van der Waals surface area contributed by atoms with Crippen molar-refractivity contribution in [3.05, 3.63) is 65.2 Å². The Bertz CT molecular complexity index is 781. The number of likely N-dealkylation sites (tertiary alicyclic amines) is 1. The fraction of sp³-hybridized carbons (Fsp3) is 0.409. The molecule has 0 aromatic heterocycles. The van der Waals surface area contributed by atoms with Crippen LogP contribution in [0.1, 0.15) is 42.0 Å². The lowest BCUT2D eigenvalue weighted by Crippen LogP contribution is -2.37. The van der Waals surface area contributed by atoms with E-state index in [0.717, 1.165) is 24.3 Å². The number of ether oxygens (including phenoxy) is 1. The molecule has 0 bridgehead atoms. The summed E-state index contributed by atoms with van der Waals surface area (Å²) < 4.78 is 5.70. The Morgan fingerprint density at radius 1 is 1.07 bits per heavy atom. The van der Waals surface area contributed by atoms with Crippen LogP contribution in [0.25, 0.3) is 0 Å². The highest BCUT2D eigenvalue weighted by atomic mass is 16.5. The quantitative estimate of drug-likeness (QED) is 0.632. The van der Waals surface area contributed by atoms with Gasteiger partial charge in [-0.25, -0.2) is 4.99 Å². The van der Waals surface area contributed by atoms with Gasteiger partial charge in [0.05, 0.1) is 19.2 Å². The fourth-order valence-electron chi connectivity index (χ4n) is 3.84. The number of guanidine groups is 1. The molecule has 1 fully saturated rings. The second kappa shape index (κ2) is 8.44. The van der Waals surface area contributed by atoms with Gasteiger partial charge in [0.25, 0.3) is 0 Å². The molecule has 2 aliphatic rings. The number of fused-ring (bicyclic) bond motifs is 1. The van der Waals surface area contributed by atoms with E-state index in [1.165, 1.54) is 37.1 Å². The summed E-state index contributed by atoms with van der Waals surface area (Å²) in [6, 6.07) is 17.0. The summed E-state index contributed by atoms with van der Waals surface area (Å²) in [6.07, 6.45) is 3.55. The zero-order chi connectivity index (χ0) is 18.5. The maximum Gasteiger partial charge on any atom is 0.189 e. The van der Waals surface area contributed by atoms with Gasteiger partial charge < -0.3 is 15.8 Å². The smallest absolute Gasteiger partial charge is 0.189 e. The summed E-state index contributed by atoms with van der Waals surface area (Å²) in [5.41, 5.74) is 9.83. The van der Waals surface area contributed by atoms with Gasteiger partial charge in [0.15, 0.2) is 5.96 Å². The van der Waals surface area contributed by atoms with Gasteiger partial charge in [-0.05, 0) is 43.1 Å². The second-order valence-electron chi connectivity index (χ2n) is 7.37. The molecule has 0 spiro atoms. The van der Waals surface area contributed by atoms with Crippen molar-refractivity contribution in [2.45, 2.75) is 38.4 Å². The van der Waals surface area contributed by atoms with Gasteiger partial charge in [0, 0.05) is 18.5 Å². The molecule has 5 nitrogen and oxygen atoms in total. The van der Waals surface area contributed by atoms with Crippen LogP contribution in [-0.2, 0) is 13.1 Å². The summed E-state index contributed by atoms with van der Waals surface area (Å²) in [4.78, 5) is 7.04. The molecule has 0 aliphatic carbocycles. The SMILES string of the molecule is NC(=NCc1ccc(CN2CCCC2)cc1)NC1CCOc2ccccc21. The van der Waals surface area contributed by atoms with Gasteiger partial charge in [-0.15, -0.1) is 0 Å². The third-order valence-electron chi connectivity index (χ3n) is 5.34. The number of aliphatic imine (C=N–C) groups is 1. The van der Waals surface area contributed by atoms with Crippen LogP contribution in [-0.4, -0.2) is 30.6 Å². The first kappa shape index (κ1) is 17.9. The van der Waals surface area contributed by atoms with E-state index in [-0.39, 0.29) is 6.04 Å². The Hall–Kier alpha value is -2.53. The van der Waals surface area contributed by atoms with Crippen LogP contribution in [0.15, 0.2) is 53.5 Å². The molecule has 1 saturated heterocycles. The van der Waals surface area contributed by atoms with E-state index < -0.39 is 0 Å². The normalized spacial score (nSPS) is 20.1. The minimum absolute atomic E-state index is 0.154. The molecule has 2 aromatic carbocycles. The van der Waals surface area contributed by atoms with E-state index in [1.54, 1.807) is 0 Å². The van der Waals surface area contributed by atoms with Crippen molar-refractivity contribution in [3.63, 3.8) is 0 Å². The van der Waals surface area contributed by atoms with Gasteiger partial charge in [0.1, 0.15) is 5.75 Å². The van der Waals surface area contributed by atoms with Crippen molar-refractivity contribution >= 4 is 5.96 Å². The number of nitrogens with one attached hydrogen (secondary N) is 1. The second-order valence-corrected chi connectivity index (χ2v) is 7.37. The summed E-state index contributed by atoms with van der Waals surface area (Å²) in [5.74, 6) is 1.42. The maximum absolute atomic E-state index is 6.14. The topological polar surface area (TPSA) is 62.9 Å². The van der Waals surface area contributed by atoms with Crippen LogP contribution in [0.2, 0.25) is 0 Å². The molecule has 1 unspecified atom stereocenters. The van der Waals surface area contributed by atoms with Gasteiger partial charge >= 0.3 is 0 Å². The predicted molar refractivity (Wildman–Crippen MR) is 109 cm³/mol. The molecule has 0 saturated carbocycles. The average molecular weight is 364 g/mol. The minimum atomic E-state index is 0.154. The maximum atomic E-state index is 6.14. The Kier molecular flexibility index (Phi) is 5.58. The Morgan fingerprint density at radius 2 is 1.81 bits per heavy atom. The molecule has 4 rings (SSSR count). The molecule has 27 heavy (non-hydrogen) atoms. The van der Waals surface area contributed by atoms with Crippen molar-refractivity contribution in [1.29, 1.82) is 0 Å². The average Bonchev–Trinajstić information content (AvgIpc) is 3.21. The summed E-state index contributed by atoms with van der Waals surface area (Å²) in [5, 5.41) is 3.35. The Morgan fingerprint density at radius 3 is 2.63 bits per heavy atom. The van der Waals surface area contributed by atoms with Crippen LogP contribution < -0.4 is 15.8 Å². The van der Waals surface area contributed by atoms with Crippen molar-refractivity contribution in [3.8, 4) is 5.75 Å². The van der Waals surface area contributed by atoms with Gasteiger partial charge in [0.2, 0.25) is 0 Å². The number of para-hydroxylation sites is 1. The van der Waals surface area contributed by atoms with E-state index in [1.807, 2.05) is 18.2 Å². The van der Waals surface area contributed by atoms with Crippen molar-refractivity contribution in [2.75, 3.05) is 19.7 Å². The molecule has 1 atom stereocenters. The number of rotatable bonds is 5. The fourth-order valence-corrected chi connectivity index (χ4v) is 3.84. The lowest BCUT2D eigenvalue weighted by Gasteiger charge is -2.26. The molecule has 2 aromatic rings. The first-order valence-corrected chi connectivity index (χ1v) is 9.86. The minimum Gasteiger partial charge on any atom is -0.493 e. The van der Waals surface area contributed by atoms with Gasteiger partial charge in [-0.1, -0.05) is 42.5 Å². The third-order valence-corrected chi connectivity index (χ3v) is 5.34. The molecule has 2 aliphatic heterocycles. The van der Waals surface area contributed by atoms with E-state index in [0.29, 0.717) is 19.1 Å². The summed E-state index contributed by atoms with van der Waals surface area (Å²) in [7, 11) is 0. The Labute approximate surface area is 161 Å². The first-order valence-electron chi connectivity index (χ1n) is 9.86. The number of nitrogens with zero attached hydrogens (tertiary/aromatic N) is 2. The van der Waals surface area contributed by atoms with Gasteiger partial charge in [-0.2, -0.15) is 0 Å². The molecular formula is C22H28N4O. The summed E-state index contributed by atoms with van der Waals surface area (Å²) >= 11 is 0. The van der Waals surface area contributed by atoms with Crippen LogP contribution in [0.5, 0.6) is 5.75 Å². The molecule has 142 valence electrons. The third kappa shape index (κ3) is 4.61. The molecule has 5 heteroatoms. The monoisotopic (exact) mass is 364 g/mol. The molecule has 2 heterocycles. The predicted octanol–water partition coefficient (Wildman–Crippen LogP) is 3.21. The van der Waals surface area contributed by atoms with E-state index in [2.05, 4.69) is 45.5 Å². The first-order chi connectivity index (χ1) is 13.3. The lowest BCUT2D eigenvalue weighted by molar-refractivity contribution is 0.262. The van der Waals surface area contributed by atoms with E-state index in [4.69, 9.17) is 10.5 Å². The number of benzene rings is 2. The van der Waals surface area contributed by atoms with Crippen LogP contribution in [0, 0.1) is 0 Å². The van der Waals surface area contributed by atoms with E-state index in [9.17, 15) is 0 Å².